The number of rotatable bonds is 9. The third-order valence-corrected chi connectivity index (χ3v) is 7.20. The van der Waals surface area contributed by atoms with Gasteiger partial charge in [0.2, 0.25) is 5.91 Å². The molecule has 1 aromatic carbocycles. The highest BCUT2D eigenvalue weighted by Crippen LogP contribution is 2.31. The third kappa shape index (κ3) is 7.07. The number of nitrogens with one attached hydrogen (secondary N) is 1. The number of nitrogens with zero attached hydrogens (tertiary/aromatic N) is 3. The first-order valence-electron chi connectivity index (χ1n) is 13.8. The van der Waals surface area contributed by atoms with Gasteiger partial charge in [0, 0.05) is 30.9 Å². The molecule has 3 atom stereocenters. The summed E-state index contributed by atoms with van der Waals surface area (Å²) in [5, 5.41) is 4.24. The summed E-state index contributed by atoms with van der Waals surface area (Å²) in [5.74, 6) is -0.547. The van der Waals surface area contributed by atoms with Crippen LogP contribution in [0, 0.1) is 11.8 Å². The second-order valence-electron chi connectivity index (χ2n) is 11.2. The lowest BCUT2D eigenvalue weighted by atomic mass is 10.0. The standard InChI is InChI=1S/C28H40N4O7/c1-18(2)15-22(29-26(34)20-5-7-21(8-6-20)30-11-13-37-14-12-30)27(35)31-10-9-23-25(31)24(33)16-32(23)39-28(36)38-17-19(3)4/h5-8,18-19,22-23,25H,9-17H2,1-4H3,(H,29,34). The maximum Gasteiger partial charge on any atom is 0.527 e. The molecule has 0 saturated carbocycles. The van der Waals surface area contributed by atoms with E-state index in [1.165, 1.54) is 9.96 Å². The van der Waals surface area contributed by atoms with E-state index in [0.717, 1.165) is 18.8 Å². The van der Waals surface area contributed by atoms with E-state index in [9.17, 15) is 19.2 Å². The Morgan fingerprint density at radius 3 is 2.36 bits per heavy atom. The van der Waals surface area contributed by atoms with Crippen molar-refractivity contribution in [2.24, 2.45) is 11.8 Å². The maximum absolute atomic E-state index is 13.7. The van der Waals surface area contributed by atoms with E-state index >= 15 is 0 Å². The number of ether oxygens (including phenoxy) is 2. The van der Waals surface area contributed by atoms with Gasteiger partial charge in [-0.15, -0.1) is 5.06 Å². The van der Waals surface area contributed by atoms with Crippen molar-refractivity contribution in [1.82, 2.24) is 15.3 Å². The van der Waals surface area contributed by atoms with E-state index in [1.807, 2.05) is 39.8 Å². The van der Waals surface area contributed by atoms with Crippen LogP contribution in [0.4, 0.5) is 10.5 Å². The van der Waals surface area contributed by atoms with Gasteiger partial charge in [0.25, 0.3) is 5.91 Å². The molecule has 11 heteroatoms. The average molecular weight is 545 g/mol. The zero-order valence-electron chi connectivity index (χ0n) is 23.3. The van der Waals surface area contributed by atoms with Crippen molar-refractivity contribution in [2.75, 3.05) is 50.9 Å². The van der Waals surface area contributed by atoms with E-state index in [4.69, 9.17) is 14.3 Å². The number of likely N-dealkylation sites (tertiary alicyclic amines) is 1. The quantitative estimate of drug-likeness (QED) is 0.467. The molecule has 11 nitrogen and oxygen atoms in total. The Labute approximate surface area is 229 Å². The molecular weight excluding hydrogens is 504 g/mol. The summed E-state index contributed by atoms with van der Waals surface area (Å²) in [4.78, 5) is 60.9. The number of anilines is 1. The Bertz CT molecular complexity index is 1040. The predicted molar refractivity (Wildman–Crippen MR) is 143 cm³/mol. The summed E-state index contributed by atoms with van der Waals surface area (Å²) in [7, 11) is 0. The van der Waals surface area contributed by atoms with Gasteiger partial charge in [0.1, 0.15) is 12.1 Å². The lowest BCUT2D eigenvalue weighted by molar-refractivity contribution is -0.142. The van der Waals surface area contributed by atoms with E-state index in [2.05, 4.69) is 10.2 Å². The summed E-state index contributed by atoms with van der Waals surface area (Å²) in [6.07, 6.45) is 0.0529. The fourth-order valence-corrected chi connectivity index (χ4v) is 5.31. The van der Waals surface area contributed by atoms with Crippen molar-refractivity contribution in [1.29, 1.82) is 0 Å². The molecule has 3 fully saturated rings. The fraction of sp³-hybridized carbons (Fsp3) is 0.643. The van der Waals surface area contributed by atoms with Gasteiger partial charge < -0.3 is 29.4 Å². The predicted octanol–water partition coefficient (Wildman–Crippen LogP) is 2.25. The van der Waals surface area contributed by atoms with Crippen LogP contribution in [0.2, 0.25) is 0 Å². The Balaban J connectivity index is 1.40. The van der Waals surface area contributed by atoms with Crippen LogP contribution >= 0.6 is 0 Å². The van der Waals surface area contributed by atoms with E-state index < -0.39 is 24.3 Å². The second kappa shape index (κ2) is 12.8. The summed E-state index contributed by atoms with van der Waals surface area (Å²) in [5.41, 5.74) is 1.48. The van der Waals surface area contributed by atoms with Crippen LogP contribution in [0.1, 0.15) is 50.9 Å². The first-order chi connectivity index (χ1) is 18.6. The molecular formula is C28H40N4O7. The number of amides is 2. The van der Waals surface area contributed by atoms with Gasteiger partial charge in [0.15, 0.2) is 5.78 Å². The zero-order chi connectivity index (χ0) is 28.1. The number of hydrogen-bond donors (Lipinski definition) is 1. The van der Waals surface area contributed by atoms with Gasteiger partial charge in [-0.05, 0) is 48.9 Å². The number of Topliss-reactive ketones (excluding diaryl/α,β-unsaturated/α-hetero) is 1. The summed E-state index contributed by atoms with van der Waals surface area (Å²) >= 11 is 0. The molecule has 3 heterocycles. The van der Waals surface area contributed by atoms with Crippen LogP contribution in [0.3, 0.4) is 0 Å². The Morgan fingerprint density at radius 2 is 1.72 bits per heavy atom. The van der Waals surface area contributed by atoms with Gasteiger partial charge in [0.05, 0.1) is 32.4 Å². The molecule has 3 aliphatic heterocycles. The Hall–Kier alpha value is -3.18. The van der Waals surface area contributed by atoms with Crippen LogP contribution in [0.5, 0.6) is 0 Å². The number of fused-ring (bicyclic) bond motifs is 1. The molecule has 4 rings (SSSR count). The number of hydrogen-bond acceptors (Lipinski definition) is 9. The van der Waals surface area contributed by atoms with E-state index in [1.54, 1.807) is 12.1 Å². The zero-order valence-corrected chi connectivity index (χ0v) is 23.3. The Kier molecular flexibility index (Phi) is 9.45. The molecule has 0 bridgehead atoms. The molecule has 3 unspecified atom stereocenters. The molecule has 1 aromatic rings. The SMILES string of the molecule is CC(C)COC(=O)ON1CC(=O)C2C1CCN2C(=O)C(CC(C)C)NC(=O)c1ccc(N2CCOCC2)cc1. The van der Waals surface area contributed by atoms with Crippen LogP contribution < -0.4 is 10.2 Å². The van der Waals surface area contributed by atoms with Crippen LogP contribution in [0.25, 0.3) is 0 Å². The third-order valence-electron chi connectivity index (χ3n) is 7.20. The topological polar surface area (TPSA) is 118 Å². The van der Waals surface area contributed by atoms with E-state index in [-0.39, 0.29) is 42.6 Å². The molecule has 214 valence electrons. The monoisotopic (exact) mass is 544 g/mol. The highest BCUT2D eigenvalue weighted by Gasteiger charge is 2.52. The minimum absolute atomic E-state index is 0.105. The van der Waals surface area contributed by atoms with Crippen molar-refractivity contribution in [3.05, 3.63) is 29.8 Å². The number of carbonyl (C=O) groups is 4. The maximum atomic E-state index is 13.7. The van der Waals surface area contributed by atoms with Crippen molar-refractivity contribution in [3.8, 4) is 0 Å². The van der Waals surface area contributed by atoms with Crippen molar-refractivity contribution in [3.63, 3.8) is 0 Å². The highest BCUT2D eigenvalue weighted by atomic mass is 16.8. The molecule has 0 spiro atoms. The lowest BCUT2D eigenvalue weighted by Gasteiger charge is -2.29. The Morgan fingerprint density at radius 1 is 1.03 bits per heavy atom. The molecule has 2 amide bonds. The van der Waals surface area contributed by atoms with Crippen LogP contribution in [0.15, 0.2) is 24.3 Å². The summed E-state index contributed by atoms with van der Waals surface area (Å²) < 4.78 is 10.5. The first kappa shape index (κ1) is 28.8. The average Bonchev–Trinajstić information content (AvgIpc) is 3.48. The summed E-state index contributed by atoms with van der Waals surface area (Å²) in [6.45, 7) is 11.2. The minimum Gasteiger partial charge on any atom is -0.433 e. The molecule has 0 aromatic heterocycles. The van der Waals surface area contributed by atoms with Gasteiger partial charge in [-0.2, -0.15) is 0 Å². The normalized spacial score (nSPS) is 22.3. The van der Waals surface area contributed by atoms with Gasteiger partial charge >= 0.3 is 6.16 Å². The molecule has 0 aliphatic carbocycles. The highest BCUT2D eigenvalue weighted by molar-refractivity contribution is 5.99. The van der Waals surface area contributed by atoms with Crippen LogP contribution in [-0.4, -0.2) is 97.8 Å². The first-order valence-corrected chi connectivity index (χ1v) is 13.8. The molecule has 1 N–H and O–H groups in total. The van der Waals surface area contributed by atoms with Gasteiger partial charge in [-0.25, -0.2) is 4.79 Å². The van der Waals surface area contributed by atoms with Crippen molar-refractivity contribution < 1.29 is 33.5 Å². The van der Waals surface area contributed by atoms with Crippen molar-refractivity contribution in [2.45, 2.75) is 58.7 Å². The number of morpholine rings is 1. The number of benzene rings is 1. The van der Waals surface area contributed by atoms with Crippen LogP contribution in [-0.2, 0) is 23.9 Å². The largest absolute Gasteiger partial charge is 0.527 e. The van der Waals surface area contributed by atoms with Gasteiger partial charge in [-0.3, -0.25) is 14.4 Å². The fourth-order valence-electron chi connectivity index (χ4n) is 5.31. The molecule has 3 aliphatic rings. The number of carbonyl (C=O) groups excluding carboxylic acids is 4. The number of hydroxylamine groups is 2. The number of ketones is 1. The lowest BCUT2D eigenvalue weighted by Crippen LogP contribution is -2.52. The van der Waals surface area contributed by atoms with E-state index in [0.29, 0.717) is 38.2 Å². The molecule has 0 radical (unpaired) electrons. The molecule has 39 heavy (non-hydrogen) atoms. The summed E-state index contributed by atoms with van der Waals surface area (Å²) in [6, 6.07) is 5.39. The minimum atomic E-state index is -0.855. The van der Waals surface area contributed by atoms with Gasteiger partial charge in [-0.1, -0.05) is 27.7 Å². The van der Waals surface area contributed by atoms with Crippen molar-refractivity contribution >= 4 is 29.4 Å². The molecule has 3 saturated heterocycles. The smallest absolute Gasteiger partial charge is 0.433 e. The second-order valence-corrected chi connectivity index (χ2v) is 11.2.